The molecule has 0 bridgehead atoms. The molecule has 4 rings (SSSR count). The van der Waals surface area contributed by atoms with Gasteiger partial charge in [-0.3, -0.25) is 9.63 Å². The van der Waals surface area contributed by atoms with E-state index in [0.29, 0.717) is 19.8 Å². The number of amides is 1. The fourth-order valence-corrected chi connectivity index (χ4v) is 3.92. The number of benzene rings is 2. The number of hydroxylamine groups is 1. The van der Waals surface area contributed by atoms with Crippen molar-refractivity contribution >= 4 is 5.91 Å². The summed E-state index contributed by atoms with van der Waals surface area (Å²) in [6.45, 7) is 6.03. The van der Waals surface area contributed by atoms with E-state index in [1.807, 2.05) is 74.5 Å². The predicted molar refractivity (Wildman–Crippen MR) is 119 cm³/mol. The van der Waals surface area contributed by atoms with Crippen LogP contribution in [0, 0.1) is 0 Å². The summed E-state index contributed by atoms with van der Waals surface area (Å²) in [5.41, 5.74) is 4.42. The molecule has 1 N–H and O–H groups in total. The fraction of sp³-hybridized carbons (Fsp3) is 0.480. The van der Waals surface area contributed by atoms with Gasteiger partial charge in [0.15, 0.2) is 18.2 Å². The molecular weight excluding hydrogens is 426 g/mol. The molecule has 2 fully saturated rings. The molecule has 8 heteroatoms. The molecule has 1 amide bonds. The molecule has 2 saturated heterocycles. The minimum atomic E-state index is -0.813. The normalized spacial score (nSPS) is 28.6. The third kappa shape index (κ3) is 6.38. The van der Waals surface area contributed by atoms with Crippen molar-refractivity contribution in [3.8, 4) is 0 Å². The topological polar surface area (TPSA) is 84.5 Å². The second-order valence-electron chi connectivity index (χ2n) is 8.63. The van der Waals surface area contributed by atoms with E-state index in [9.17, 15) is 4.79 Å². The lowest BCUT2D eigenvalue weighted by Crippen LogP contribution is -2.66. The molecule has 2 aromatic rings. The second kappa shape index (κ2) is 10.7. The third-order valence-corrected chi connectivity index (χ3v) is 5.49. The Morgan fingerprint density at radius 2 is 1.58 bits per heavy atom. The highest BCUT2D eigenvalue weighted by atomic mass is 16.8. The van der Waals surface area contributed by atoms with Crippen molar-refractivity contribution in [1.29, 1.82) is 0 Å². The lowest BCUT2D eigenvalue weighted by Gasteiger charge is -2.50. The van der Waals surface area contributed by atoms with Crippen LogP contribution in [0.4, 0.5) is 0 Å². The Labute approximate surface area is 194 Å². The highest BCUT2D eigenvalue weighted by molar-refractivity contribution is 5.71. The Morgan fingerprint density at radius 3 is 2.18 bits per heavy atom. The highest BCUT2D eigenvalue weighted by Gasteiger charge is 2.53. The number of fused-ring (bicyclic) bond motifs is 1. The van der Waals surface area contributed by atoms with E-state index in [4.69, 9.17) is 28.5 Å². The van der Waals surface area contributed by atoms with E-state index < -0.39 is 36.5 Å². The van der Waals surface area contributed by atoms with Crippen LogP contribution in [-0.4, -0.2) is 49.0 Å². The zero-order chi connectivity index (χ0) is 23.3. The molecule has 2 aliphatic rings. The van der Waals surface area contributed by atoms with Crippen LogP contribution in [0.25, 0.3) is 0 Å². The van der Waals surface area contributed by atoms with Crippen LogP contribution >= 0.6 is 0 Å². The first-order valence-electron chi connectivity index (χ1n) is 11.1. The summed E-state index contributed by atoms with van der Waals surface area (Å²) in [6, 6.07) is 19.6. The summed E-state index contributed by atoms with van der Waals surface area (Å²) in [4.78, 5) is 17.4. The van der Waals surface area contributed by atoms with Crippen LogP contribution < -0.4 is 5.48 Å². The number of nitrogens with one attached hydrogen (secondary N) is 1. The standard InChI is InChI=1S/C25H31NO7/c1-17(27)26-33-23-22(28-14-18-10-6-4-7-11-18)21-20(16-30-25(2,3)32-21)31-24(23)29-15-19-12-8-5-9-13-19/h4-13,20-24H,14-16H2,1-3H3,(H,26,27)/t20-,21-,22+,23-,24-/m1/s1. The molecule has 0 spiro atoms. The van der Waals surface area contributed by atoms with Gasteiger partial charge >= 0.3 is 0 Å². The SMILES string of the molecule is CC(=O)NO[C@H]1[C@H](OCc2ccccc2)O[C@@H]2COC(C)(C)O[C@H]2[C@@H]1OCc1ccccc1. The molecule has 2 heterocycles. The van der Waals surface area contributed by atoms with Crippen molar-refractivity contribution in [3.05, 3.63) is 71.8 Å². The quantitative estimate of drug-likeness (QED) is 0.610. The fourth-order valence-electron chi connectivity index (χ4n) is 3.92. The largest absolute Gasteiger partial charge is 0.368 e. The first kappa shape index (κ1) is 23.8. The Hall–Kier alpha value is -2.33. The van der Waals surface area contributed by atoms with Crippen molar-refractivity contribution in [1.82, 2.24) is 5.48 Å². The summed E-state index contributed by atoms with van der Waals surface area (Å²) in [7, 11) is 0. The molecule has 33 heavy (non-hydrogen) atoms. The van der Waals surface area contributed by atoms with Gasteiger partial charge in [0.2, 0.25) is 5.91 Å². The van der Waals surface area contributed by atoms with Gasteiger partial charge in [-0.15, -0.1) is 0 Å². The number of carbonyl (C=O) groups excluding carboxylic acids is 1. The molecule has 0 saturated carbocycles. The molecule has 5 atom stereocenters. The number of hydrogen-bond acceptors (Lipinski definition) is 7. The summed E-state index contributed by atoms with van der Waals surface area (Å²) >= 11 is 0. The minimum absolute atomic E-state index is 0.307. The number of hydrogen-bond donors (Lipinski definition) is 1. The average Bonchev–Trinajstić information content (AvgIpc) is 2.81. The third-order valence-electron chi connectivity index (χ3n) is 5.49. The summed E-state index contributed by atoms with van der Waals surface area (Å²) in [5, 5.41) is 0. The Bertz CT molecular complexity index is 892. The average molecular weight is 458 g/mol. The zero-order valence-corrected chi connectivity index (χ0v) is 19.1. The summed E-state index contributed by atoms with van der Waals surface area (Å²) in [5.74, 6) is -1.15. The Balaban J connectivity index is 1.56. The van der Waals surface area contributed by atoms with Crippen LogP contribution in [0.1, 0.15) is 31.9 Å². The van der Waals surface area contributed by atoms with Crippen LogP contribution in [0.3, 0.4) is 0 Å². The first-order valence-corrected chi connectivity index (χ1v) is 11.1. The van der Waals surface area contributed by atoms with Gasteiger partial charge in [0.1, 0.15) is 18.3 Å². The summed E-state index contributed by atoms with van der Waals surface area (Å²) in [6.07, 6.45) is -3.06. The maximum Gasteiger partial charge on any atom is 0.240 e. The first-order chi connectivity index (χ1) is 15.9. The van der Waals surface area contributed by atoms with Crippen molar-refractivity contribution < 1.29 is 33.3 Å². The molecule has 0 radical (unpaired) electrons. The lowest BCUT2D eigenvalue weighted by molar-refractivity contribution is -0.394. The van der Waals surface area contributed by atoms with E-state index in [1.165, 1.54) is 6.92 Å². The van der Waals surface area contributed by atoms with Gasteiger partial charge < -0.3 is 23.7 Å². The van der Waals surface area contributed by atoms with E-state index in [2.05, 4.69) is 5.48 Å². The van der Waals surface area contributed by atoms with Crippen LogP contribution in [0.5, 0.6) is 0 Å². The van der Waals surface area contributed by atoms with Crippen LogP contribution in [0.2, 0.25) is 0 Å². The maximum atomic E-state index is 11.6. The van der Waals surface area contributed by atoms with Gasteiger partial charge in [-0.25, -0.2) is 5.48 Å². The molecule has 0 aromatic heterocycles. The van der Waals surface area contributed by atoms with E-state index in [0.717, 1.165) is 11.1 Å². The smallest absolute Gasteiger partial charge is 0.240 e. The van der Waals surface area contributed by atoms with Gasteiger partial charge in [-0.2, -0.15) is 0 Å². The number of rotatable bonds is 8. The maximum absolute atomic E-state index is 11.6. The van der Waals surface area contributed by atoms with Crippen LogP contribution in [-0.2, 0) is 46.5 Å². The van der Waals surface area contributed by atoms with Gasteiger partial charge in [0.05, 0.1) is 19.8 Å². The molecular formula is C25H31NO7. The van der Waals surface area contributed by atoms with Crippen molar-refractivity contribution in [2.45, 2.75) is 70.5 Å². The Morgan fingerprint density at radius 1 is 0.970 bits per heavy atom. The number of ether oxygens (including phenoxy) is 5. The molecule has 2 aliphatic heterocycles. The van der Waals surface area contributed by atoms with Crippen LogP contribution in [0.15, 0.2) is 60.7 Å². The van der Waals surface area contributed by atoms with Crippen molar-refractivity contribution in [2.24, 2.45) is 0 Å². The molecule has 0 aliphatic carbocycles. The predicted octanol–water partition coefficient (Wildman–Crippen LogP) is 3.10. The number of carbonyl (C=O) groups is 1. The minimum Gasteiger partial charge on any atom is -0.368 e. The molecule has 0 unspecified atom stereocenters. The molecule has 8 nitrogen and oxygen atoms in total. The second-order valence-corrected chi connectivity index (χ2v) is 8.63. The zero-order valence-electron chi connectivity index (χ0n) is 19.1. The van der Waals surface area contributed by atoms with Gasteiger partial charge in [-0.1, -0.05) is 60.7 Å². The Kier molecular flexibility index (Phi) is 7.75. The highest BCUT2D eigenvalue weighted by Crippen LogP contribution is 2.35. The monoisotopic (exact) mass is 457 g/mol. The van der Waals surface area contributed by atoms with E-state index in [-0.39, 0.29) is 5.91 Å². The van der Waals surface area contributed by atoms with E-state index >= 15 is 0 Å². The molecule has 178 valence electrons. The van der Waals surface area contributed by atoms with Crippen molar-refractivity contribution in [3.63, 3.8) is 0 Å². The lowest BCUT2D eigenvalue weighted by atomic mass is 9.97. The van der Waals surface area contributed by atoms with E-state index in [1.54, 1.807) is 0 Å². The van der Waals surface area contributed by atoms with Gasteiger partial charge in [-0.05, 0) is 25.0 Å². The van der Waals surface area contributed by atoms with Crippen molar-refractivity contribution in [2.75, 3.05) is 6.61 Å². The van der Waals surface area contributed by atoms with Gasteiger partial charge in [0.25, 0.3) is 0 Å². The van der Waals surface area contributed by atoms with Gasteiger partial charge in [0, 0.05) is 6.92 Å². The molecule has 2 aromatic carbocycles. The summed E-state index contributed by atoms with van der Waals surface area (Å²) < 4.78 is 30.7.